The molecular weight excluding hydrogens is 260 g/mol. The van der Waals surface area contributed by atoms with Gasteiger partial charge < -0.3 is 0 Å². The number of aromatic nitrogens is 2. The number of hydrogen-bond acceptors (Lipinski definition) is 4. The van der Waals surface area contributed by atoms with Crippen LogP contribution in [-0.4, -0.2) is 9.97 Å². The summed E-state index contributed by atoms with van der Waals surface area (Å²) in [4.78, 5) is 11.4. The van der Waals surface area contributed by atoms with E-state index in [0.717, 1.165) is 16.1 Å². The van der Waals surface area contributed by atoms with Crippen molar-refractivity contribution >= 4 is 32.3 Å². The van der Waals surface area contributed by atoms with Crippen molar-refractivity contribution < 1.29 is 0 Å². The first kappa shape index (κ1) is 17.5. The summed E-state index contributed by atoms with van der Waals surface area (Å²) < 4.78 is 0. The fraction of sp³-hybridized carbons (Fsp3) is 0.714. The van der Waals surface area contributed by atoms with E-state index >= 15 is 0 Å². The molecule has 0 spiro atoms. The van der Waals surface area contributed by atoms with Crippen molar-refractivity contribution in [2.45, 2.75) is 67.2 Å². The highest BCUT2D eigenvalue weighted by molar-refractivity contribution is 7.26. The van der Waals surface area contributed by atoms with Crippen LogP contribution >= 0.6 is 22.7 Å². The zero-order valence-electron chi connectivity index (χ0n) is 12.9. The lowest BCUT2D eigenvalue weighted by molar-refractivity contribution is 0.587. The van der Waals surface area contributed by atoms with E-state index in [1.54, 1.807) is 22.7 Å². The molecular formula is C14H26N2S2. The van der Waals surface area contributed by atoms with Gasteiger partial charge in [-0.1, -0.05) is 78.1 Å². The van der Waals surface area contributed by atoms with Crippen LogP contribution in [0.15, 0.2) is 0 Å². The molecule has 2 aromatic rings. The highest BCUT2D eigenvalue weighted by Crippen LogP contribution is 2.33. The van der Waals surface area contributed by atoms with Crippen LogP contribution in [0.3, 0.4) is 0 Å². The van der Waals surface area contributed by atoms with Crippen LogP contribution in [0.2, 0.25) is 0 Å². The highest BCUT2D eigenvalue weighted by atomic mass is 32.1. The second-order valence-corrected chi connectivity index (χ2v) is 6.38. The van der Waals surface area contributed by atoms with E-state index in [4.69, 9.17) is 0 Å². The van der Waals surface area contributed by atoms with Crippen LogP contribution in [-0.2, 0) is 11.8 Å². The summed E-state index contributed by atoms with van der Waals surface area (Å²) in [6.45, 7) is 16.7. The molecule has 2 nitrogen and oxygen atoms in total. The van der Waals surface area contributed by atoms with Gasteiger partial charge in [-0.2, -0.15) is 0 Å². The first-order valence-electron chi connectivity index (χ1n) is 6.77. The lowest BCUT2D eigenvalue weighted by atomic mass is 9.98. The van der Waals surface area contributed by atoms with Crippen molar-refractivity contribution in [3.63, 3.8) is 0 Å². The fourth-order valence-corrected chi connectivity index (χ4v) is 3.21. The smallest absolute Gasteiger partial charge is 0.155 e. The molecule has 104 valence electrons. The van der Waals surface area contributed by atoms with E-state index < -0.39 is 0 Å². The van der Waals surface area contributed by atoms with E-state index in [-0.39, 0.29) is 5.41 Å². The molecule has 0 radical (unpaired) electrons. The van der Waals surface area contributed by atoms with Gasteiger partial charge >= 0.3 is 0 Å². The van der Waals surface area contributed by atoms with Crippen LogP contribution in [0, 0.1) is 0 Å². The number of nitrogens with zero attached hydrogens (tertiary/aromatic N) is 2. The summed E-state index contributed by atoms with van der Waals surface area (Å²) >= 11 is 3.45. The SMILES string of the molecule is CC.CC.CCc1nc2sc(C(C)(C)C)nc2s1. The van der Waals surface area contributed by atoms with Crippen molar-refractivity contribution in [3.8, 4) is 0 Å². The molecule has 0 amide bonds. The van der Waals surface area contributed by atoms with Crippen LogP contribution in [0.5, 0.6) is 0 Å². The number of aryl methyl sites for hydroxylation is 1. The van der Waals surface area contributed by atoms with Gasteiger partial charge in [0.05, 0.1) is 5.01 Å². The molecule has 0 fully saturated rings. The number of fused-ring (bicyclic) bond motifs is 1. The Morgan fingerprint density at radius 2 is 1.39 bits per heavy atom. The summed E-state index contributed by atoms with van der Waals surface area (Å²) in [5, 5.41) is 2.38. The predicted molar refractivity (Wildman–Crippen MR) is 86.1 cm³/mol. The Labute approximate surface area is 119 Å². The van der Waals surface area contributed by atoms with Crippen molar-refractivity contribution in [1.29, 1.82) is 0 Å². The summed E-state index contributed by atoms with van der Waals surface area (Å²) in [5.74, 6) is 0. The maximum atomic E-state index is 4.63. The summed E-state index contributed by atoms with van der Waals surface area (Å²) in [6, 6.07) is 0. The molecule has 0 aliphatic rings. The van der Waals surface area contributed by atoms with Gasteiger partial charge in [-0.3, -0.25) is 0 Å². The molecule has 2 aromatic heterocycles. The van der Waals surface area contributed by atoms with Gasteiger partial charge in [0.15, 0.2) is 9.66 Å². The summed E-state index contributed by atoms with van der Waals surface area (Å²) in [6.07, 6.45) is 1.01. The summed E-state index contributed by atoms with van der Waals surface area (Å²) in [5.41, 5.74) is 0.150. The third-order valence-electron chi connectivity index (χ3n) is 1.96. The molecule has 0 unspecified atom stereocenters. The average Bonchev–Trinajstić information content (AvgIpc) is 2.90. The van der Waals surface area contributed by atoms with E-state index in [9.17, 15) is 0 Å². The van der Waals surface area contributed by atoms with Crippen molar-refractivity contribution in [2.75, 3.05) is 0 Å². The maximum absolute atomic E-state index is 4.63. The molecule has 0 saturated carbocycles. The largest absolute Gasteiger partial charge is 0.229 e. The average molecular weight is 287 g/mol. The summed E-state index contributed by atoms with van der Waals surface area (Å²) in [7, 11) is 0. The third-order valence-corrected chi connectivity index (χ3v) is 4.56. The predicted octanol–water partition coefficient (Wildman–Crippen LogP) is 5.67. The Bertz CT molecular complexity index is 418. The molecule has 0 aliphatic carbocycles. The number of thiazole rings is 2. The molecule has 0 N–H and O–H groups in total. The first-order valence-corrected chi connectivity index (χ1v) is 8.40. The Kier molecular flexibility index (Phi) is 7.64. The van der Waals surface area contributed by atoms with Crippen molar-refractivity contribution in [3.05, 3.63) is 10.0 Å². The zero-order valence-corrected chi connectivity index (χ0v) is 14.6. The Hall–Kier alpha value is -0.480. The first-order chi connectivity index (χ1) is 8.50. The molecule has 2 heterocycles. The molecule has 2 rings (SSSR count). The van der Waals surface area contributed by atoms with E-state index in [1.165, 1.54) is 10.0 Å². The Balaban J connectivity index is 0.000000659. The van der Waals surface area contributed by atoms with Gasteiger partial charge in [0.2, 0.25) is 0 Å². The Morgan fingerprint density at radius 3 is 1.78 bits per heavy atom. The second-order valence-electron chi connectivity index (χ2n) is 4.34. The van der Waals surface area contributed by atoms with Crippen LogP contribution < -0.4 is 0 Å². The third kappa shape index (κ3) is 4.32. The molecule has 0 aliphatic heterocycles. The second kappa shape index (κ2) is 7.85. The minimum Gasteiger partial charge on any atom is -0.229 e. The molecule has 18 heavy (non-hydrogen) atoms. The van der Waals surface area contributed by atoms with E-state index in [2.05, 4.69) is 37.7 Å². The van der Waals surface area contributed by atoms with Gasteiger partial charge in [0, 0.05) is 5.41 Å². The topological polar surface area (TPSA) is 25.8 Å². The molecule has 0 atom stereocenters. The minimum atomic E-state index is 0.150. The van der Waals surface area contributed by atoms with Crippen molar-refractivity contribution in [1.82, 2.24) is 9.97 Å². The standard InChI is InChI=1S/C10H14N2S2.2C2H6/c1-5-6-11-7-8(13-6)12-9(14-7)10(2,3)4;2*1-2/h5H2,1-4H3;2*1-2H3. The van der Waals surface area contributed by atoms with Crippen LogP contribution in [0.1, 0.15) is 65.4 Å². The minimum absolute atomic E-state index is 0.150. The quantitative estimate of drug-likeness (QED) is 0.675. The van der Waals surface area contributed by atoms with E-state index in [1.807, 2.05) is 27.7 Å². The van der Waals surface area contributed by atoms with Gasteiger partial charge in [0.1, 0.15) is 5.01 Å². The van der Waals surface area contributed by atoms with Gasteiger partial charge in [-0.15, -0.1) is 0 Å². The van der Waals surface area contributed by atoms with E-state index in [0.29, 0.717) is 0 Å². The monoisotopic (exact) mass is 286 g/mol. The number of hydrogen-bond donors (Lipinski definition) is 0. The van der Waals surface area contributed by atoms with Crippen LogP contribution in [0.4, 0.5) is 0 Å². The molecule has 0 bridgehead atoms. The molecule has 0 aromatic carbocycles. The van der Waals surface area contributed by atoms with Gasteiger partial charge in [0.25, 0.3) is 0 Å². The van der Waals surface area contributed by atoms with Gasteiger partial charge in [-0.25, -0.2) is 9.97 Å². The molecule has 4 heteroatoms. The maximum Gasteiger partial charge on any atom is 0.155 e. The normalized spacial score (nSPS) is 10.4. The molecule has 0 saturated heterocycles. The lowest BCUT2D eigenvalue weighted by Gasteiger charge is -2.13. The lowest BCUT2D eigenvalue weighted by Crippen LogP contribution is -2.09. The zero-order chi connectivity index (χ0) is 14.3. The van der Waals surface area contributed by atoms with Gasteiger partial charge in [-0.05, 0) is 6.42 Å². The number of rotatable bonds is 1. The fourth-order valence-electron chi connectivity index (χ4n) is 1.15. The Morgan fingerprint density at radius 1 is 0.889 bits per heavy atom. The van der Waals surface area contributed by atoms with Crippen molar-refractivity contribution in [2.24, 2.45) is 0 Å². The highest BCUT2D eigenvalue weighted by Gasteiger charge is 2.20. The van der Waals surface area contributed by atoms with Crippen LogP contribution in [0.25, 0.3) is 9.66 Å².